The standard InChI is InChI=1S/C13H10FN3OS/c14-8-1-2-9(12(18)13-15-3-4-16-13)10(5-8)11-6-19-7-17-11/h1-7,12,18H,(H,15,16). The van der Waals surface area contributed by atoms with E-state index in [1.54, 1.807) is 24.0 Å². The predicted molar refractivity (Wildman–Crippen MR) is 70.2 cm³/mol. The van der Waals surface area contributed by atoms with Crippen LogP contribution in [-0.4, -0.2) is 20.1 Å². The van der Waals surface area contributed by atoms with Crippen LogP contribution >= 0.6 is 11.3 Å². The summed E-state index contributed by atoms with van der Waals surface area (Å²) >= 11 is 1.42. The molecular weight excluding hydrogens is 265 g/mol. The average molecular weight is 275 g/mol. The van der Waals surface area contributed by atoms with Crippen molar-refractivity contribution in [2.75, 3.05) is 0 Å². The minimum absolute atomic E-state index is 0.363. The van der Waals surface area contributed by atoms with Gasteiger partial charge in [0.05, 0.1) is 11.2 Å². The molecule has 3 aromatic rings. The van der Waals surface area contributed by atoms with Gasteiger partial charge >= 0.3 is 0 Å². The van der Waals surface area contributed by atoms with Gasteiger partial charge in [0.1, 0.15) is 17.7 Å². The summed E-state index contributed by atoms with van der Waals surface area (Å²) in [6.45, 7) is 0. The Morgan fingerprint density at radius 3 is 2.89 bits per heavy atom. The number of H-pyrrole nitrogens is 1. The minimum Gasteiger partial charge on any atom is -0.380 e. The molecule has 0 saturated carbocycles. The third kappa shape index (κ3) is 2.27. The molecule has 0 fully saturated rings. The van der Waals surface area contributed by atoms with Crippen LogP contribution in [0.4, 0.5) is 4.39 Å². The molecule has 6 heteroatoms. The molecule has 0 amide bonds. The smallest absolute Gasteiger partial charge is 0.139 e. The van der Waals surface area contributed by atoms with E-state index in [2.05, 4.69) is 15.0 Å². The lowest BCUT2D eigenvalue weighted by Crippen LogP contribution is -2.04. The number of nitrogens with zero attached hydrogens (tertiary/aromatic N) is 2. The van der Waals surface area contributed by atoms with Crippen molar-refractivity contribution in [1.82, 2.24) is 15.0 Å². The number of aromatic amines is 1. The lowest BCUT2D eigenvalue weighted by Gasteiger charge is -2.12. The summed E-state index contributed by atoms with van der Waals surface area (Å²) in [5.74, 6) is 0.0569. The summed E-state index contributed by atoms with van der Waals surface area (Å²) in [7, 11) is 0. The van der Waals surface area contributed by atoms with Gasteiger partial charge in [-0.25, -0.2) is 14.4 Å². The number of hydrogen-bond donors (Lipinski definition) is 2. The molecule has 0 spiro atoms. The number of aliphatic hydroxyl groups is 1. The fourth-order valence-corrected chi connectivity index (χ4v) is 2.46. The summed E-state index contributed by atoms with van der Waals surface area (Å²) < 4.78 is 13.4. The van der Waals surface area contributed by atoms with Crippen molar-refractivity contribution >= 4 is 11.3 Å². The molecule has 2 heterocycles. The highest BCUT2D eigenvalue weighted by Gasteiger charge is 2.19. The zero-order valence-electron chi connectivity index (χ0n) is 9.75. The predicted octanol–water partition coefficient (Wildman–Crippen LogP) is 2.75. The second-order valence-electron chi connectivity index (χ2n) is 3.98. The first-order chi connectivity index (χ1) is 9.25. The highest BCUT2D eigenvalue weighted by atomic mass is 32.1. The number of aliphatic hydroxyl groups excluding tert-OH is 1. The first kappa shape index (κ1) is 12.0. The lowest BCUT2D eigenvalue weighted by atomic mass is 10.00. The molecule has 96 valence electrons. The van der Waals surface area contributed by atoms with Crippen molar-refractivity contribution in [3.05, 3.63) is 58.7 Å². The molecule has 0 saturated heterocycles. The van der Waals surface area contributed by atoms with Gasteiger partial charge in [-0.05, 0) is 17.7 Å². The summed E-state index contributed by atoms with van der Waals surface area (Å²) in [5.41, 5.74) is 3.46. The average Bonchev–Trinajstić information content (AvgIpc) is 3.11. The van der Waals surface area contributed by atoms with Crippen molar-refractivity contribution in [2.24, 2.45) is 0 Å². The maximum atomic E-state index is 13.4. The highest BCUT2D eigenvalue weighted by Crippen LogP contribution is 2.31. The molecule has 0 aliphatic rings. The van der Waals surface area contributed by atoms with Gasteiger partial charge in [-0.3, -0.25) is 0 Å². The molecular formula is C13H10FN3OS. The van der Waals surface area contributed by atoms with Crippen LogP contribution in [0.3, 0.4) is 0 Å². The highest BCUT2D eigenvalue weighted by molar-refractivity contribution is 7.07. The largest absolute Gasteiger partial charge is 0.380 e. The van der Waals surface area contributed by atoms with E-state index in [1.807, 2.05) is 5.38 Å². The van der Waals surface area contributed by atoms with E-state index >= 15 is 0 Å². The Bertz CT molecular complexity index is 667. The van der Waals surface area contributed by atoms with Gasteiger partial charge in [-0.2, -0.15) is 0 Å². The third-order valence-electron chi connectivity index (χ3n) is 2.80. The van der Waals surface area contributed by atoms with Crippen molar-refractivity contribution in [2.45, 2.75) is 6.10 Å². The van der Waals surface area contributed by atoms with Crippen LogP contribution in [0.15, 0.2) is 41.5 Å². The Morgan fingerprint density at radius 2 is 2.21 bits per heavy atom. The Labute approximate surface area is 112 Å². The van der Waals surface area contributed by atoms with Gasteiger partial charge in [0, 0.05) is 23.3 Å². The van der Waals surface area contributed by atoms with Gasteiger partial charge in [-0.15, -0.1) is 11.3 Å². The van der Waals surface area contributed by atoms with Gasteiger partial charge in [0.15, 0.2) is 0 Å². The fraction of sp³-hybridized carbons (Fsp3) is 0.0769. The van der Waals surface area contributed by atoms with Crippen LogP contribution in [0.1, 0.15) is 17.5 Å². The van der Waals surface area contributed by atoms with Crippen LogP contribution < -0.4 is 0 Å². The first-order valence-corrected chi connectivity index (χ1v) is 6.55. The maximum Gasteiger partial charge on any atom is 0.139 e. The molecule has 0 aliphatic carbocycles. The van der Waals surface area contributed by atoms with E-state index in [-0.39, 0.29) is 5.82 Å². The summed E-state index contributed by atoms with van der Waals surface area (Å²) in [4.78, 5) is 11.0. The van der Waals surface area contributed by atoms with E-state index in [0.29, 0.717) is 22.6 Å². The van der Waals surface area contributed by atoms with Crippen LogP contribution in [-0.2, 0) is 0 Å². The van der Waals surface area contributed by atoms with Gasteiger partial charge < -0.3 is 10.1 Å². The van der Waals surface area contributed by atoms with E-state index < -0.39 is 6.10 Å². The summed E-state index contributed by atoms with van der Waals surface area (Å²) in [6.07, 6.45) is 2.25. The first-order valence-electron chi connectivity index (χ1n) is 5.61. The zero-order chi connectivity index (χ0) is 13.2. The molecule has 1 aromatic carbocycles. The molecule has 4 nitrogen and oxygen atoms in total. The van der Waals surface area contributed by atoms with Crippen molar-refractivity contribution in [1.29, 1.82) is 0 Å². The van der Waals surface area contributed by atoms with Crippen molar-refractivity contribution in [3.63, 3.8) is 0 Å². The number of rotatable bonds is 3. The SMILES string of the molecule is OC(c1ncc[nH]1)c1ccc(F)cc1-c1cscn1. The number of imidazole rings is 1. The Balaban J connectivity index is 2.11. The van der Waals surface area contributed by atoms with Crippen LogP contribution in [0.5, 0.6) is 0 Å². The van der Waals surface area contributed by atoms with Crippen LogP contribution in [0, 0.1) is 5.82 Å². The van der Waals surface area contributed by atoms with Crippen LogP contribution in [0.2, 0.25) is 0 Å². The number of aromatic nitrogens is 3. The number of benzene rings is 1. The van der Waals surface area contributed by atoms with Crippen molar-refractivity contribution < 1.29 is 9.50 Å². The van der Waals surface area contributed by atoms with E-state index in [0.717, 1.165) is 0 Å². The van der Waals surface area contributed by atoms with Crippen LogP contribution in [0.25, 0.3) is 11.3 Å². The molecule has 19 heavy (non-hydrogen) atoms. The molecule has 2 aromatic heterocycles. The molecule has 0 bridgehead atoms. The molecule has 3 rings (SSSR count). The van der Waals surface area contributed by atoms with E-state index in [9.17, 15) is 9.50 Å². The second-order valence-corrected chi connectivity index (χ2v) is 4.70. The minimum atomic E-state index is -0.938. The van der Waals surface area contributed by atoms with Gasteiger partial charge in [0.2, 0.25) is 0 Å². The number of thiazole rings is 1. The molecule has 0 aliphatic heterocycles. The zero-order valence-corrected chi connectivity index (χ0v) is 10.6. The van der Waals surface area contributed by atoms with Gasteiger partial charge in [-0.1, -0.05) is 6.07 Å². The topological polar surface area (TPSA) is 61.8 Å². The van der Waals surface area contributed by atoms with Gasteiger partial charge in [0.25, 0.3) is 0 Å². The summed E-state index contributed by atoms with van der Waals surface area (Å²) in [6, 6.07) is 4.24. The molecule has 1 unspecified atom stereocenters. The Kier molecular flexibility index (Phi) is 3.10. The third-order valence-corrected chi connectivity index (χ3v) is 3.38. The monoisotopic (exact) mass is 275 g/mol. The molecule has 1 atom stereocenters. The Hall–Kier alpha value is -2.05. The fourth-order valence-electron chi connectivity index (χ4n) is 1.91. The molecule has 0 radical (unpaired) electrons. The molecule has 2 N–H and O–H groups in total. The quantitative estimate of drug-likeness (QED) is 0.772. The number of halogens is 1. The Morgan fingerprint density at radius 1 is 1.32 bits per heavy atom. The van der Waals surface area contributed by atoms with E-state index in [1.165, 1.54) is 23.5 Å². The lowest BCUT2D eigenvalue weighted by molar-refractivity contribution is 0.211. The van der Waals surface area contributed by atoms with E-state index in [4.69, 9.17) is 0 Å². The number of hydrogen-bond acceptors (Lipinski definition) is 4. The summed E-state index contributed by atoms with van der Waals surface area (Å²) in [5, 5.41) is 12.1. The normalized spacial score (nSPS) is 12.5. The number of nitrogens with one attached hydrogen (secondary N) is 1. The maximum absolute atomic E-state index is 13.4. The van der Waals surface area contributed by atoms with Crippen molar-refractivity contribution in [3.8, 4) is 11.3 Å². The second kappa shape index (κ2) is 4.91.